The highest BCUT2D eigenvalue weighted by Gasteiger charge is 2.32. The molecule has 2 aromatic rings. The van der Waals surface area contributed by atoms with Gasteiger partial charge >= 0.3 is 12.3 Å². The molecular formula is C15H13BrF3N3O4S. The number of aromatic nitrogens is 1. The SMILES string of the molecule is CCOC(=O)Cc1csc(NN=Cc2cc(Br)cc(OC(F)(F)F)c2O)n1. The minimum Gasteiger partial charge on any atom is -0.504 e. The lowest BCUT2D eigenvalue weighted by atomic mass is 10.2. The fourth-order valence-corrected chi connectivity index (χ4v) is 2.97. The Morgan fingerprint density at radius 3 is 2.89 bits per heavy atom. The van der Waals surface area contributed by atoms with E-state index >= 15 is 0 Å². The molecule has 1 aromatic carbocycles. The predicted octanol–water partition coefficient (Wildman–Crippen LogP) is 4.06. The zero-order valence-electron chi connectivity index (χ0n) is 13.7. The quantitative estimate of drug-likeness (QED) is 0.362. The molecule has 0 fully saturated rings. The molecule has 7 nitrogen and oxygen atoms in total. The summed E-state index contributed by atoms with van der Waals surface area (Å²) < 4.78 is 45.9. The van der Waals surface area contributed by atoms with Crippen molar-refractivity contribution in [1.29, 1.82) is 0 Å². The monoisotopic (exact) mass is 467 g/mol. The van der Waals surface area contributed by atoms with Crippen molar-refractivity contribution in [2.75, 3.05) is 12.0 Å². The van der Waals surface area contributed by atoms with Gasteiger partial charge in [-0.1, -0.05) is 15.9 Å². The first kappa shape index (κ1) is 21.0. The fourth-order valence-electron chi connectivity index (χ4n) is 1.85. The number of nitrogens with zero attached hydrogens (tertiary/aromatic N) is 2. The number of hydrogen-bond acceptors (Lipinski definition) is 8. The van der Waals surface area contributed by atoms with E-state index in [1.807, 2.05) is 0 Å². The summed E-state index contributed by atoms with van der Waals surface area (Å²) in [6.07, 6.45) is -3.82. The number of carbonyl (C=O) groups excluding carboxylic acids is 1. The van der Waals surface area contributed by atoms with Gasteiger partial charge in [0.25, 0.3) is 0 Å². The number of anilines is 1. The maximum atomic E-state index is 12.4. The number of hydrogen-bond donors (Lipinski definition) is 2. The fraction of sp³-hybridized carbons (Fsp3) is 0.267. The molecule has 12 heteroatoms. The summed E-state index contributed by atoms with van der Waals surface area (Å²) in [6.45, 7) is 1.97. The van der Waals surface area contributed by atoms with Crippen LogP contribution in [0.1, 0.15) is 18.2 Å². The Kier molecular flexibility index (Phi) is 7.02. The van der Waals surface area contributed by atoms with E-state index in [0.717, 1.165) is 12.3 Å². The molecule has 0 saturated heterocycles. The molecule has 0 atom stereocenters. The van der Waals surface area contributed by atoms with Gasteiger partial charge in [0.05, 0.1) is 24.9 Å². The molecule has 0 aliphatic rings. The molecule has 2 N–H and O–H groups in total. The van der Waals surface area contributed by atoms with Gasteiger partial charge in [0, 0.05) is 15.4 Å². The Bertz CT molecular complexity index is 842. The molecular weight excluding hydrogens is 455 g/mol. The molecule has 146 valence electrons. The van der Waals surface area contributed by atoms with Crippen molar-refractivity contribution in [2.45, 2.75) is 19.7 Å². The van der Waals surface area contributed by atoms with Gasteiger partial charge in [-0.25, -0.2) is 4.98 Å². The molecule has 0 radical (unpaired) electrons. The lowest BCUT2D eigenvalue weighted by molar-refractivity contribution is -0.275. The molecule has 0 aliphatic carbocycles. The van der Waals surface area contributed by atoms with Crippen molar-refractivity contribution in [1.82, 2.24) is 4.98 Å². The van der Waals surface area contributed by atoms with E-state index in [4.69, 9.17) is 4.74 Å². The van der Waals surface area contributed by atoms with Crippen molar-refractivity contribution in [3.05, 3.63) is 33.2 Å². The molecule has 0 amide bonds. The number of rotatable bonds is 7. The zero-order chi connectivity index (χ0) is 20.0. The second-order valence-corrected chi connectivity index (χ2v) is 6.66. The van der Waals surface area contributed by atoms with Crippen molar-refractivity contribution < 1.29 is 32.5 Å². The highest BCUT2D eigenvalue weighted by Crippen LogP contribution is 2.36. The van der Waals surface area contributed by atoms with Gasteiger partial charge in [-0.15, -0.1) is 24.5 Å². The van der Waals surface area contributed by atoms with E-state index in [0.29, 0.717) is 10.8 Å². The van der Waals surface area contributed by atoms with Crippen molar-refractivity contribution in [3.63, 3.8) is 0 Å². The summed E-state index contributed by atoms with van der Waals surface area (Å²) in [5.74, 6) is -1.89. The van der Waals surface area contributed by atoms with Gasteiger partial charge in [-0.05, 0) is 19.1 Å². The van der Waals surface area contributed by atoms with Gasteiger partial charge in [0.15, 0.2) is 11.5 Å². The van der Waals surface area contributed by atoms with E-state index in [2.05, 4.69) is 36.2 Å². The number of phenols is 1. The summed E-state index contributed by atoms with van der Waals surface area (Å²) >= 11 is 4.21. The van der Waals surface area contributed by atoms with Crippen LogP contribution in [-0.2, 0) is 16.0 Å². The van der Waals surface area contributed by atoms with Crippen molar-refractivity contribution in [3.8, 4) is 11.5 Å². The second kappa shape index (κ2) is 9.04. The molecule has 1 aromatic heterocycles. The first-order valence-electron chi connectivity index (χ1n) is 7.35. The number of halogens is 4. The van der Waals surface area contributed by atoms with E-state index < -0.39 is 23.8 Å². The summed E-state index contributed by atoms with van der Waals surface area (Å²) in [4.78, 5) is 15.5. The van der Waals surface area contributed by atoms with Crippen LogP contribution in [0.2, 0.25) is 0 Å². The highest BCUT2D eigenvalue weighted by molar-refractivity contribution is 9.10. The van der Waals surface area contributed by atoms with Crippen LogP contribution < -0.4 is 10.2 Å². The molecule has 0 saturated carbocycles. The van der Waals surface area contributed by atoms with Crippen molar-refractivity contribution in [2.24, 2.45) is 5.10 Å². The van der Waals surface area contributed by atoms with Crippen molar-refractivity contribution >= 4 is 44.6 Å². The maximum Gasteiger partial charge on any atom is 0.573 e. The minimum absolute atomic E-state index is 0.0142. The molecule has 0 spiro atoms. The number of carbonyl (C=O) groups is 1. The molecule has 2 rings (SSSR count). The standard InChI is InChI=1S/C15H13BrF3N3O4S/c1-2-25-12(23)5-10-7-27-14(21-10)22-20-6-8-3-9(16)4-11(13(8)24)26-15(17,18)19/h3-4,6-7,24H,2,5H2,1H3,(H,21,22). The average molecular weight is 468 g/mol. The van der Waals surface area contributed by atoms with Crippen LogP contribution in [0.15, 0.2) is 27.1 Å². The highest BCUT2D eigenvalue weighted by atomic mass is 79.9. The summed E-state index contributed by atoms with van der Waals surface area (Å²) in [5, 5.41) is 15.7. The summed E-state index contributed by atoms with van der Waals surface area (Å²) in [5.41, 5.74) is 3.04. The number of nitrogens with one attached hydrogen (secondary N) is 1. The van der Waals surface area contributed by atoms with E-state index in [9.17, 15) is 23.1 Å². The van der Waals surface area contributed by atoms with Crippen LogP contribution in [0, 0.1) is 0 Å². The Balaban J connectivity index is 2.06. The predicted molar refractivity (Wildman–Crippen MR) is 96.2 cm³/mol. The number of phenolic OH excluding ortho intramolecular Hbond substituents is 1. The number of thiazole rings is 1. The zero-order valence-corrected chi connectivity index (χ0v) is 16.1. The number of hydrazone groups is 1. The summed E-state index contributed by atoms with van der Waals surface area (Å²) in [7, 11) is 0. The van der Waals surface area contributed by atoms with Crippen LogP contribution in [0.3, 0.4) is 0 Å². The summed E-state index contributed by atoms with van der Waals surface area (Å²) in [6, 6.07) is 2.34. The molecule has 27 heavy (non-hydrogen) atoms. The average Bonchev–Trinajstić information content (AvgIpc) is 2.97. The third-order valence-electron chi connectivity index (χ3n) is 2.84. The topological polar surface area (TPSA) is 93.0 Å². The van der Waals surface area contributed by atoms with Gasteiger partial charge in [0.1, 0.15) is 0 Å². The second-order valence-electron chi connectivity index (χ2n) is 4.89. The number of esters is 1. The van der Waals surface area contributed by atoms with Crippen LogP contribution in [-0.4, -0.2) is 35.2 Å². The van der Waals surface area contributed by atoms with Crippen LogP contribution in [0.4, 0.5) is 18.3 Å². The van der Waals surface area contributed by atoms with Crippen LogP contribution in [0.25, 0.3) is 0 Å². The lowest BCUT2D eigenvalue weighted by Gasteiger charge is -2.12. The van der Waals surface area contributed by atoms with Gasteiger partial charge in [-0.3, -0.25) is 10.2 Å². The Morgan fingerprint density at radius 1 is 1.48 bits per heavy atom. The number of ether oxygens (including phenoxy) is 2. The molecule has 0 aliphatic heterocycles. The Morgan fingerprint density at radius 2 is 2.22 bits per heavy atom. The molecule has 0 unspecified atom stereocenters. The first-order valence-corrected chi connectivity index (χ1v) is 9.02. The van der Waals surface area contributed by atoms with Gasteiger partial charge in [-0.2, -0.15) is 5.10 Å². The number of alkyl halides is 3. The maximum absolute atomic E-state index is 12.4. The molecule has 1 heterocycles. The van der Waals surface area contributed by atoms with E-state index in [1.165, 1.54) is 17.4 Å². The van der Waals surface area contributed by atoms with Gasteiger partial charge < -0.3 is 14.6 Å². The normalized spacial score (nSPS) is 11.6. The minimum atomic E-state index is -4.94. The third kappa shape index (κ3) is 6.71. The van der Waals surface area contributed by atoms with Crippen LogP contribution >= 0.6 is 27.3 Å². The Hall–Kier alpha value is -2.34. The smallest absolute Gasteiger partial charge is 0.504 e. The lowest BCUT2D eigenvalue weighted by Crippen LogP contribution is -2.17. The molecule has 0 bridgehead atoms. The van der Waals surface area contributed by atoms with E-state index in [-0.39, 0.29) is 23.1 Å². The third-order valence-corrected chi connectivity index (χ3v) is 4.09. The number of aromatic hydroxyl groups is 1. The largest absolute Gasteiger partial charge is 0.573 e. The van der Waals surface area contributed by atoms with Crippen LogP contribution in [0.5, 0.6) is 11.5 Å². The first-order chi connectivity index (χ1) is 12.7. The Labute approximate surface area is 164 Å². The van der Waals surface area contributed by atoms with Gasteiger partial charge in [0.2, 0.25) is 5.13 Å². The number of benzene rings is 1. The van der Waals surface area contributed by atoms with E-state index in [1.54, 1.807) is 12.3 Å².